The molecule has 2 rings (SSSR count). The molecule has 0 aromatic carbocycles. The molecule has 1 heterocycles. The number of hydrogen-bond donors (Lipinski definition) is 1. The van der Waals surface area contributed by atoms with Crippen molar-refractivity contribution in [1.29, 1.82) is 0 Å². The van der Waals surface area contributed by atoms with E-state index in [0.717, 1.165) is 17.7 Å². The number of nitrogens with two attached hydrogens (primary N) is 1. The van der Waals surface area contributed by atoms with Crippen LogP contribution in [0.3, 0.4) is 0 Å². The summed E-state index contributed by atoms with van der Waals surface area (Å²) in [5.74, 6) is 0.647. The molecule has 14 heavy (non-hydrogen) atoms. The summed E-state index contributed by atoms with van der Waals surface area (Å²) in [6.07, 6.45) is 4.69. The molecule has 4 heteroatoms. The quantitative estimate of drug-likeness (QED) is 0.802. The summed E-state index contributed by atoms with van der Waals surface area (Å²) in [4.78, 5) is 6.22. The van der Waals surface area contributed by atoms with Gasteiger partial charge in [-0.25, -0.2) is 4.98 Å². The molecule has 0 radical (unpaired) electrons. The van der Waals surface area contributed by atoms with Crippen LogP contribution in [-0.2, 0) is 6.42 Å². The molecule has 2 nitrogen and oxygen atoms in total. The Hall–Kier alpha value is -0.480. The van der Waals surface area contributed by atoms with E-state index in [1.54, 1.807) is 11.3 Å². The van der Waals surface area contributed by atoms with Crippen LogP contribution in [0, 0.1) is 0 Å². The van der Waals surface area contributed by atoms with E-state index in [4.69, 9.17) is 18.0 Å². The Morgan fingerprint density at radius 1 is 1.64 bits per heavy atom. The maximum atomic E-state index is 5.69. The molecule has 1 aromatic rings. The van der Waals surface area contributed by atoms with Crippen LogP contribution in [0.1, 0.15) is 47.7 Å². The van der Waals surface area contributed by atoms with Crippen LogP contribution < -0.4 is 5.73 Å². The Labute approximate surface area is 93.5 Å². The van der Waals surface area contributed by atoms with Crippen molar-refractivity contribution in [3.63, 3.8) is 0 Å². The molecule has 1 aliphatic rings. The van der Waals surface area contributed by atoms with Gasteiger partial charge in [-0.1, -0.05) is 19.1 Å². The van der Waals surface area contributed by atoms with Crippen LogP contribution in [0.25, 0.3) is 0 Å². The van der Waals surface area contributed by atoms with Crippen LogP contribution >= 0.6 is 23.6 Å². The van der Waals surface area contributed by atoms with Gasteiger partial charge in [-0.2, -0.15) is 0 Å². The maximum Gasteiger partial charge on any atom is 0.116 e. The maximum absolute atomic E-state index is 5.69. The van der Waals surface area contributed by atoms with Crippen molar-refractivity contribution in [2.24, 2.45) is 5.73 Å². The highest BCUT2D eigenvalue weighted by atomic mass is 32.1. The van der Waals surface area contributed by atoms with Crippen LogP contribution in [-0.4, -0.2) is 9.97 Å². The lowest BCUT2D eigenvalue weighted by atomic mass is 10.2. The minimum atomic E-state index is 0.520. The molecule has 0 atom stereocenters. The fourth-order valence-electron chi connectivity index (χ4n) is 1.51. The molecular formula is C10H14N2S2. The number of thiocarbonyl (C=S) groups is 1. The van der Waals surface area contributed by atoms with Gasteiger partial charge in [-0.05, 0) is 25.7 Å². The highest BCUT2D eigenvalue weighted by Crippen LogP contribution is 2.42. The second kappa shape index (κ2) is 3.95. The van der Waals surface area contributed by atoms with Gasteiger partial charge in [-0.3, -0.25) is 0 Å². The average Bonchev–Trinajstić information content (AvgIpc) is 2.88. The Morgan fingerprint density at radius 2 is 2.36 bits per heavy atom. The summed E-state index contributed by atoms with van der Waals surface area (Å²) < 4.78 is 0. The van der Waals surface area contributed by atoms with Crippen molar-refractivity contribution >= 4 is 28.5 Å². The molecule has 1 fully saturated rings. The van der Waals surface area contributed by atoms with E-state index in [-0.39, 0.29) is 0 Å². The van der Waals surface area contributed by atoms with E-state index in [9.17, 15) is 0 Å². The van der Waals surface area contributed by atoms with Crippen molar-refractivity contribution in [3.05, 3.63) is 15.6 Å². The van der Waals surface area contributed by atoms with Gasteiger partial charge in [0, 0.05) is 5.92 Å². The van der Waals surface area contributed by atoms with Crippen molar-refractivity contribution < 1.29 is 0 Å². The average molecular weight is 226 g/mol. The normalized spacial score (nSPS) is 15.8. The SMILES string of the molecule is CCCc1nc(C2CC2)c(C(N)=S)s1. The highest BCUT2D eigenvalue weighted by Gasteiger charge is 2.30. The monoisotopic (exact) mass is 226 g/mol. The Morgan fingerprint density at radius 3 is 2.86 bits per heavy atom. The lowest BCUT2D eigenvalue weighted by molar-refractivity contribution is 0.891. The Kier molecular flexibility index (Phi) is 2.83. The van der Waals surface area contributed by atoms with Crippen LogP contribution in [0.2, 0.25) is 0 Å². The molecule has 0 amide bonds. The van der Waals surface area contributed by atoms with Gasteiger partial charge in [0.15, 0.2) is 0 Å². The number of rotatable bonds is 4. The molecule has 2 N–H and O–H groups in total. The molecule has 0 bridgehead atoms. The molecule has 0 unspecified atom stereocenters. The molecule has 1 saturated carbocycles. The van der Waals surface area contributed by atoms with Gasteiger partial charge in [0.25, 0.3) is 0 Å². The summed E-state index contributed by atoms with van der Waals surface area (Å²) >= 11 is 6.73. The molecule has 1 aromatic heterocycles. The topological polar surface area (TPSA) is 38.9 Å². The van der Waals surface area contributed by atoms with Gasteiger partial charge >= 0.3 is 0 Å². The van der Waals surface area contributed by atoms with E-state index < -0.39 is 0 Å². The first-order valence-corrected chi connectivity index (χ1v) is 6.24. The first-order chi connectivity index (χ1) is 6.72. The third-order valence-electron chi connectivity index (χ3n) is 2.35. The molecule has 0 spiro atoms. The summed E-state index contributed by atoms with van der Waals surface area (Å²) in [5, 5.41) is 1.19. The van der Waals surface area contributed by atoms with Crippen molar-refractivity contribution in [2.45, 2.75) is 38.5 Å². The zero-order chi connectivity index (χ0) is 10.1. The molecule has 1 aliphatic carbocycles. The lowest BCUT2D eigenvalue weighted by Gasteiger charge is -1.95. The predicted molar refractivity (Wildman–Crippen MR) is 64.0 cm³/mol. The standard InChI is InChI=1S/C10H14N2S2/c1-2-3-7-12-8(6-4-5-6)9(14-7)10(11)13/h6H,2-5H2,1H3,(H2,11,13). The fourth-order valence-corrected chi connectivity index (χ4v) is 2.84. The second-order valence-corrected chi connectivity index (χ2v) is 5.23. The predicted octanol–water partition coefficient (Wildman–Crippen LogP) is 2.61. The summed E-state index contributed by atoms with van der Waals surface area (Å²) in [6.45, 7) is 2.17. The zero-order valence-electron chi connectivity index (χ0n) is 8.25. The number of aromatic nitrogens is 1. The largest absolute Gasteiger partial charge is 0.389 e. The van der Waals surface area contributed by atoms with Crippen LogP contribution in [0.15, 0.2) is 0 Å². The van der Waals surface area contributed by atoms with E-state index in [0.29, 0.717) is 10.9 Å². The molecular weight excluding hydrogens is 212 g/mol. The second-order valence-electron chi connectivity index (χ2n) is 3.71. The van der Waals surface area contributed by atoms with E-state index in [2.05, 4.69) is 11.9 Å². The zero-order valence-corrected chi connectivity index (χ0v) is 9.88. The summed E-state index contributed by atoms with van der Waals surface area (Å²) in [6, 6.07) is 0. The van der Waals surface area contributed by atoms with Crippen molar-refractivity contribution in [1.82, 2.24) is 4.98 Å². The number of nitrogens with zero attached hydrogens (tertiary/aromatic N) is 1. The third kappa shape index (κ3) is 1.96. The van der Waals surface area contributed by atoms with Crippen molar-refractivity contribution in [2.75, 3.05) is 0 Å². The molecule has 76 valence electrons. The highest BCUT2D eigenvalue weighted by molar-refractivity contribution is 7.81. The van der Waals surface area contributed by atoms with E-state index in [1.807, 2.05) is 0 Å². The first-order valence-electron chi connectivity index (χ1n) is 5.01. The van der Waals surface area contributed by atoms with Gasteiger partial charge in [0.2, 0.25) is 0 Å². The van der Waals surface area contributed by atoms with Crippen molar-refractivity contribution in [3.8, 4) is 0 Å². The Balaban J connectivity index is 2.30. The van der Waals surface area contributed by atoms with Crippen LogP contribution in [0.4, 0.5) is 0 Å². The summed E-state index contributed by atoms with van der Waals surface area (Å²) in [5.41, 5.74) is 6.86. The van der Waals surface area contributed by atoms with Gasteiger partial charge < -0.3 is 5.73 Å². The minimum absolute atomic E-state index is 0.520. The number of aryl methyl sites for hydroxylation is 1. The van der Waals surface area contributed by atoms with Gasteiger partial charge in [0.05, 0.1) is 15.6 Å². The fraction of sp³-hybridized carbons (Fsp3) is 0.600. The van der Waals surface area contributed by atoms with E-state index in [1.165, 1.54) is 23.5 Å². The number of hydrogen-bond acceptors (Lipinski definition) is 3. The summed E-state index contributed by atoms with van der Waals surface area (Å²) in [7, 11) is 0. The number of thiazole rings is 1. The molecule has 0 saturated heterocycles. The first kappa shape index (κ1) is 10.1. The smallest absolute Gasteiger partial charge is 0.116 e. The van der Waals surface area contributed by atoms with Gasteiger partial charge in [-0.15, -0.1) is 11.3 Å². The third-order valence-corrected chi connectivity index (χ3v) is 3.85. The Bertz CT molecular complexity index is 353. The minimum Gasteiger partial charge on any atom is -0.389 e. The van der Waals surface area contributed by atoms with Gasteiger partial charge in [0.1, 0.15) is 4.99 Å². The molecule has 0 aliphatic heterocycles. The van der Waals surface area contributed by atoms with Crippen LogP contribution in [0.5, 0.6) is 0 Å². The lowest BCUT2D eigenvalue weighted by Crippen LogP contribution is -2.09. The van der Waals surface area contributed by atoms with E-state index >= 15 is 0 Å².